The third-order valence-electron chi connectivity index (χ3n) is 5.00. The molecule has 0 amide bonds. The fraction of sp³-hybridized carbons (Fsp3) is 0.261. The number of carbonyl (C=O) groups excluding carboxylic acids is 1. The Morgan fingerprint density at radius 2 is 1.97 bits per heavy atom. The molecule has 0 aliphatic rings. The fourth-order valence-corrected chi connectivity index (χ4v) is 4.52. The van der Waals surface area contributed by atoms with Gasteiger partial charge in [0.05, 0.1) is 29.5 Å². The number of nitrogens with zero attached hydrogens (tertiary/aromatic N) is 3. The molecule has 148 valence electrons. The first-order chi connectivity index (χ1) is 13.9. The largest absolute Gasteiger partial charge is 0.461 e. The van der Waals surface area contributed by atoms with Crippen LogP contribution < -0.4 is 0 Å². The molecule has 0 atom stereocenters. The molecule has 4 rings (SSSR count). The van der Waals surface area contributed by atoms with Crippen molar-refractivity contribution in [2.24, 2.45) is 7.05 Å². The van der Waals surface area contributed by atoms with Gasteiger partial charge in [-0.25, -0.2) is 9.97 Å². The number of imidazole rings is 1. The fourth-order valence-electron chi connectivity index (χ4n) is 3.38. The zero-order valence-corrected chi connectivity index (χ0v) is 17.8. The number of ether oxygens (including phenoxy) is 1. The standard InChI is InChI=1S/C23H23N3O2S/c1-14-5-7-18(15(2)9-14)23-25-16(3)21(29-23)11-22(27)28-12-17-6-8-20-19(10-17)24-13-26(20)4/h5-10,13H,11-12H2,1-4H3. The Kier molecular flexibility index (Phi) is 5.20. The van der Waals surface area contributed by atoms with Gasteiger partial charge >= 0.3 is 5.97 Å². The molecule has 5 nitrogen and oxygen atoms in total. The summed E-state index contributed by atoms with van der Waals surface area (Å²) in [6, 6.07) is 12.3. The van der Waals surface area contributed by atoms with Crippen LogP contribution in [0.4, 0.5) is 0 Å². The van der Waals surface area contributed by atoms with Gasteiger partial charge in [0.15, 0.2) is 0 Å². The van der Waals surface area contributed by atoms with E-state index in [9.17, 15) is 4.79 Å². The molecule has 29 heavy (non-hydrogen) atoms. The Hall–Kier alpha value is -2.99. The summed E-state index contributed by atoms with van der Waals surface area (Å²) in [4.78, 5) is 22.4. The second kappa shape index (κ2) is 7.79. The minimum Gasteiger partial charge on any atom is -0.461 e. The van der Waals surface area contributed by atoms with Gasteiger partial charge in [0.25, 0.3) is 0 Å². The van der Waals surface area contributed by atoms with Gasteiger partial charge in [-0.05, 0) is 44.0 Å². The zero-order valence-electron chi connectivity index (χ0n) is 17.0. The van der Waals surface area contributed by atoms with Crippen molar-refractivity contribution in [2.45, 2.75) is 33.8 Å². The smallest absolute Gasteiger partial charge is 0.311 e. The van der Waals surface area contributed by atoms with Crippen molar-refractivity contribution in [3.63, 3.8) is 0 Å². The minimum absolute atomic E-state index is 0.236. The summed E-state index contributed by atoms with van der Waals surface area (Å²) in [6.45, 7) is 6.36. The molecule has 0 aliphatic carbocycles. The van der Waals surface area contributed by atoms with Gasteiger partial charge in [-0.3, -0.25) is 4.79 Å². The highest BCUT2D eigenvalue weighted by Gasteiger charge is 2.15. The van der Waals surface area contributed by atoms with Gasteiger partial charge < -0.3 is 9.30 Å². The average Bonchev–Trinajstić information content (AvgIpc) is 3.23. The van der Waals surface area contributed by atoms with E-state index < -0.39 is 0 Å². The number of aryl methyl sites for hydroxylation is 4. The number of esters is 1. The van der Waals surface area contributed by atoms with Crippen LogP contribution >= 0.6 is 11.3 Å². The number of rotatable bonds is 5. The van der Waals surface area contributed by atoms with Crippen molar-refractivity contribution in [2.75, 3.05) is 0 Å². The van der Waals surface area contributed by atoms with Crippen LogP contribution in [0.3, 0.4) is 0 Å². The van der Waals surface area contributed by atoms with Gasteiger partial charge in [-0.1, -0.05) is 29.8 Å². The molecule has 0 saturated carbocycles. The lowest BCUT2D eigenvalue weighted by Crippen LogP contribution is -2.07. The normalized spacial score (nSPS) is 11.2. The molecule has 2 heterocycles. The monoisotopic (exact) mass is 405 g/mol. The first kappa shape index (κ1) is 19.3. The SMILES string of the molecule is Cc1ccc(-c2nc(C)c(CC(=O)OCc3ccc4c(c3)ncn4C)s2)c(C)c1. The summed E-state index contributed by atoms with van der Waals surface area (Å²) < 4.78 is 7.47. The van der Waals surface area contributed by atoms with Crippen LogP contribution in [0.25, 0.3) is 21.6 Å². The highest BCUT2D eigenvalue weighted by molar-refractivity contribution is 7.15. The molecule has 4 aromatic rings. The van der Waals surface area contributed by atoms with Gasteiger partial charge in [-0.2, -0.15) is 0 Å². The molecule has 0 spiro atoms. The summed E-state index contributed by atoms with van der Waals surface area (Å²) in [5.74, 6) is -0.245. The van der Waals surface area contributed by atoms with E-state index in [0.717, 1.165) is 37.7 Å². The van der Waals surface area contributed by atoms with E-state index in [2.05, 4.69) is 42.0 Å². The topological polar surface area (TPSA) is 57.0 Å². The number of aromatic nitrogens is 3. The van der Waals surface area contributed by atoms with E-state index in [-0.39, 0.29) is 19.0 Å². The van der Waals surface area contributed by atoms with Crippen LogP contribution in [-0.4, -0.2) is 20.5 Å². The maximum absolute atomic E-state index is 12.4. The second-order valence-electron chi connectivity index (χ2n) is 7.36. The lowest BCUT2D eigenvalue weighted by molar-refractivity contribution is -0.144. The lowest BCUT2D eigenvalue weighted by atomic mass is 10.1. The first-order valence-corrected chi connectivity index (χ1v) is 10.3. The van der Waals surface area contributed by atoms with Crippen LogP contribution in [0, 0.1) is 20.8 Å². The number of hydrogen-bond donors (Lipinski definition) is 0. The summed E-state index contributed by atoms with van der Waals surface area (Å²) in [6.07, 6.45) is 2.01. The number of benzene rings is 2. The highest BCUT2D eigenvalue weighted by atomic mass is 32.1. The third kappa shape index (κ3) is 4.07. The first-order valence-electron chi connectivity index (χ1n) is 9.50. The molecule has 2 aromatic heterocycles. The molecule has 0 radical (unpaired) electrons. The van der Waals surface area contributed by atoms with Gasteiger partial charge in [0.1, 0.15) is 11.6 Å². The van der Waals surface area contributed by atoms with Gasteiger partial charge in [0, 0.05) is 17.5 Å². The Bertz CT molecular complexity index is 1210. The van der Waals surface area contributed by atoms with Crippen molar-refractivity contribution in [1.29, 1.82) is 0 Å². The van der Waals surface area contributed by atoms with Crippen LogP contribution in [-0.2, 0) is 29.6 Å². The molecule has 0 fully saturated rings. The van der Waals surface area contributed by atoms with E-state index in [1.54, 1.807) is 17.7 Å². The van der Waals surface area contributed by atoms with E-state index >= 15 is 0 Å². The summed E-state index contributed by atoms with van der Waals surface area (Å²) in [7, 11) is 1.96. The molecular formula is C23H23N3O2S. The average molecular weight is 406 g/mol. The second-order valence-corrected chi connectivity index (χ2v) is 8.45. The predicted octanol–water partition coefficient (Wildman–Crippen LogP) is 4.91. The number of hydrogen-bond acceptors (Lipinski definition) is 5. The van der Waals surface area contributed by atoms with Crippen LogP contribution in [0.1, 0.15) is 27.3 Å². The van der Waals surface area contributed by atoms with Crippen LogP contribution in [0.15, 0.2) is 42.7 Å². The molecule has 0 N–H and O–H groups in total. The molecule has 0 aliphatic heterocycles. The minimum atomic E-state index is -0.245. The number of fused-ring (bicyclic) bond motifs is 1. The van der Waals surface area contributed by atoms with Gasteiger partial charge in [0.2, 0.25) is 0 Å². The van der Waals surface area contributed by atoms with E-state index in [1.807, 2.05) is 36.7 Å². The lowest BCUT2D eigenvalue weighted by Gasteiger charge is -2.05. The van der Waals surface area contributed by atoms with Crippen molar-refractivity contribution in [3.8, 4) is 10.6 Å². The van der Waals surface area contributed by atoms with E-state index in [1.165, 1.54) is 11.1 Å². The Labute approximate surface area is 174 Å². The third-order valence-corrected chi connectivity index (χ3v) is 6.19. The van der Waals surface area contributed by atoms with Crippen LogP contribution in [0.5, 0.6) is 0 Å². The Balaban J connectivity index is 1.43. The zero-order chi connectivity index (χ0) is 20.5. The maximum Gasteiger partial charge on any atom is 0.311 e. The molecular weight excluding hydrogens is 382 g/mol. The number of carbonyl (C=O) groups is 1. The molecule has 0 unspecified atom stereocenters. The summed E-state index contributed by atoms with van der Waals surface area (Å²) in [5, 5.41) is 0.948. The molecule has 0 bridgehead atoms. The van der Waals surface area contributed by atoms with Crippen LogP contribution in [0.2, 0.25) is 0 Å². The van der Waals surface area contributed by atoms with E-state index in [0.29, 0.717) is 0 Å². The van der Waals surface area contributed by atoms with Crippen molar-refractivity contribution >= 4 is 28.3 Å². The van der Waals surface area contributed by atoms with Gasteiger partial charge in [-0.15, -0.1) is 11.3 Å². The van der Waals surface area contributed by atoms with E-state index in [4.69, 9.17) is 4.74 Å². The summed E-state index contributed by atoms with van der Waals surface area (Å²) in [5.41, 5.74) is 7.31. The Morgan fingerprint density at radius 3 is 2.76 bits per heavy atom. The van der Waals surface area contributed by atoms with Crippen molar-refractivity contribution in [3.05, 3.63) is 70.0 Å². The quantitative estimate of drug-likeness (QED) is 0.443. The maximum atomic E-state index is 12.4. The molecule has 0 saturated heterocycles. The Morgan fingerprint density at radius 1 is 1.14 bits per heavy atom. The summed E-state index contributed by atoms with van der Waals surface area (Å²) >= 11 is 1.56. The highest BCUT2D eigenvalue weighted by Crippen LogP contribution is 2.31. The van der Waals surface area contributed by atoms with Crippen molar-refractivity contribution in [1.82, 2.24) is 14.5 Å². The van der Waals surface area contributed by atoms with Crippen molar-refractivity contribution < 1.29 is 9.53 Å². The molecule has 2 aromatic carbocycles. The predicted molar refractivity (Wildman–Crippen MR) is 116 cm³/mol. The molecule has 6 heteroatoms. The number of thiazole rings is 1.